The third-order valence-corrected chi connectivity index (χ3v) is 4.74. The molecule has 0 spiro atoms. The van der Waals surface area contributed by atoms with Gasteiger partial charge in [0, 0.05) is 13.7 Å². The monoisotopic (exact) mass is 312 g/mol. The molecule has 0 radical (unpaired) electrons. The maximum absolute atomic E-state index is 8.97. The molecule has 1 fully saturated rings. The van der Waals surface area contributed by atoms with Crippen molar-refractivity contribution in [1.82, 2.24) is 0 Å². The number of benzene rings is 2. The third kappa shape index (κ3) is 3.57. The summed E-state index contributed by atoms with van der Waals surface area (Å²) in [6.45, 7) is 0.275. The predicted molar refractivity (Wildman–Crippen MR) is 90.7 cm³/mol. The first-order valence-electron chi connectivity index (χ1n) is 8.25. The summed E-state index contributed by atoms with van der Waals surface area (Å²) in [5.41, 5.74) is 0.976. The van der Waals surface area contributed by atoms with Gasteiger partial charge in [-0.05, 0) is 61.4 Å². The van der Waals surface area contributed by atoms with Crippen LogP contribution >= 0.6 is 0 Å². The normalized spacial score (nSPS) is 23.3. The average Bonchev–Trinajstić information content (AvgIpc) is 2.55. The minimum atomic E-state index is -0.198. The summed E-state index contributed by atoms with van der Waals surface area (Å²) >= 11 is 0. The molecule has 0 atom stereocenters. The molecule has 1 saturated carbocycles. The summed E-state index contributed by atoms with van der Waals surface area (Å²) in [6, 6.07) is 18.0. The van der Waals surface area contributed by atoms with Gasteiger partial charge in [-0.15, -0.1) is 0 Å². The summed E-state index contributed by atoms with van der Waals surface area (Å²) in [6.07, 6.45) is 3.97. The lowest BCUT2D eigenvalue weighted by Gasteiger charge is -2.47. The molecule has 23 heavy (non-hydrogen) atoms. The molecular weight excluding hydrogens is 288 g/mol. The fourth-order valence-corrected chi connectivity index (χ4v) is 3.44. The number of aliphatic hydroxyl groups is 1. The molecule has 0 aromatic heterocycles. The number of hydrogen-bond donors (Lipinski definition) is 1. The first kappa shape index (κ1) is 16.0. The molecule has 2 aromatic carbocycles. The average molecular weight is 312 g/mol. The third-order valence-electron chi connectivity index (χ3n) is 4.74. The van der Waals surface area contributed by atoms with Gasteiger partial charge in [0.05, 0.1) is 5.60 Å². The topological polar surface area (TPSA) is 38.7 Å². The molecule has 1 aliphatic rings. The summed E-state index contributed by atoms with van der Waals surface area (Å²) in [7, 11) is 1.78. The minimum absolute atomic E-state index is 0.198. The Kier molecular flexibility index (Phi) is 4.99. The quantitative estimate of drug-likeness (QED) is 0.818. The van der Waals surface area contributed by atoms with Crippen molar-refractivity contribution in [3.05, 3.63) is 60.2 Å². The van der Waals surface area contributed by atoms with Crippen LogP contribution in [0.15, 0.2) is 54.6 Å². The van der Waals surface area contributed by atoms with Crippen molar-refractivity contribution in [1.29, 1.82) is 0 Å². The van der Waals surface area contributed by atoms with Crippen molar-refractivity contribution in [2.24, 2.45) is 5.92 Å². The molecule has 3 heteroatoms. The Morgan fingerprint density at radius 1 is 1.04 bits per heavy atom. The Morgan fingerprint density at radius 3 is 2.48 bits per heavy atom. The van der Waals surface area contributed by atoms with Crippen LogP contribution in [0.1, 0.15) is 31.2 Å². The molecule has 0 unspecified atom stereocenters. The van der Waals surface area contributed by atoms with Crippen LogP contribution in [0.5, 0.6) is 11.5 Å². The van der Waals surface area contributed by atoms with Crippen molar-refractivity contribution in [3.63, 3.8) is 0 Å². The fourth-order valence-electron chi connectivity index (χ4n) is 3.44. The van der Waals surface area contributed by atoms with Gasteiger partial charge < -0.3 is 14.6 Å². The fraction of sp³-hybridized carbons (Fsp3) is 0.400. The van der Waals surface area contributed by atoms with E-state index in [0.29, 0.717) is 5.92 Å². The van der Waals surface area contributed by atoms with Crippen LogP contribution in [-0.4, -0.2) is 18.8 Å². The number of hydrogen-bond acceptors (Lipinski definition) is 3. The van der Waals surface area contributed by atoms with E-state index in [1.165, 1.54) is 5.56 Å². The number of rotatable bonds is 7. The SMILES string of the molecule is COC1(c2cccc(Oc3ccccc3)c2)CC(CCCO)C1. The van der Waals surface area contributed by atoms with Crippen LogP contribution in [0.25, 0.3) is 0 Å². The van der Waals surface area contributed by atoms with Crippen molar-refractivity contribution in [2.45, 2.75) is 31.3 Å². The van der Waals surface area contributed by atoms with Crippen LogP contribution in [0.3, 0.4) is 0 Å². The van der Waals surface area contributed by atoms with Crippen molar-refractivity contribution < 1.29 is 14.6 Å². The predicted octanol–water partition coefficient (Wildman–Crippen LogP) is 4.50. The largest absolute Gasteiger partial charge is 0.457 e. The summed E-state index contributed by atoms with van der Waals surface area (Å²) in [5.74, 6) is 2.32. The van der Waals surface area contributed by atoms with Gasteiger partial charge in [-0.25, -0.2) is 0 Å². The van der Waals surface area contributed by atoms with Crippen molar-refractivity contribution in [3.8, 4) is 11.5 Å². The maximum atomic E-state index is 8.97. The van der Waals surface area contributed by atoms with Crippen LogP contribution in [-0.2, 0) is 10.3 Å². The molecule has 1 N–H and O–H groups in total. The van der Waals surface area contributed by atoms with Gasteiger partial charge in [0.2, 0.25) is 0 Å². The maximum Gasteiger partial charge on any atom is 0.127 e. The molecule has 0 aliphatic heterocycles. The molecule has 0 saturated heterocycles. The molecule has 122 valence electrons. The molecule has 0 amide bonds. The number of methoxy groups -OCH3 is 1. The second-order valence-corrected chi connectivity index (χ2v) is 6.28. The minimum Gasteiger partial charge on any atom is -0.457 e. The summed E-state index contributed by atoms with van der Waals surface area (Å²) in [4.78, 5) is 0. The van der Waals surface area contributed by atoms with E-state index in [1.54, 1.807) is 7.11 Å². The lowest BCUT2D eigenvalue weighted by Crippen LogP contribution is -2.42. The number of aliphatic hydroxyl groups excluding tert-OH is 1. The van der Waals surface area contributed by atoms with Gasteiger partial charge in [-0.1, -0.05) is 30.3 Å². The smallest absolute Gasteiger partial charge is 0.127 e. The van der Waals surface area contributed by atoms with Crippen LogP contribution < -0.4 is 4.74 Å². The zero-order valence-electron chi connectivity index (χ0n) is 13.6. The highest BCUT2D eigenvalue weighted by Gasteiger charge is 2.45. The second-order valence-electron chi connectivity index (χ2n) is 6.28. The van der Waals surface area contributed by atoms with Gasteiger partial charge in [0.1, 0.15) is 11.5 Å². The van der Waals surface area contributed by atoms with Crippen molar-refractivity contribution in [2.75, 3.05) is 13.7 Å². The molecular formula is C20H24O3. The zero-order chi connectivity index (χ0) is 16.1. The van der Waals surface area contributed by atoms with Crippen LogP contribution in [0.2, 0.25) is 0 Å². The van der Waals surface area contributed by atoms with Crippen LogP contribution in [0.4, 0.5) is 0 Å². The Bertz CT molecular complexity index is 618. The zero-order valence-corrected chi connectivity index (χ0v) is 13.6. The molecule has 0 bridgehead atoms. The van der Waals surface area contributed by atoms with E-state index in [4.69, 9.17) is 14.6 Å². The highest BCUT2D eigenvalue weighted by Crippen LogP contribution is 2.50. The van der Waals surface area contributed by atoms with E-state index < -0.39 is 0 Å². The van der Waals surface area contributed by atoms with E-state index in [-0.39, 0.29) is 12.2 Å². The van der Waals surface area contributed by atoms with Crippen LogP contribution in [0, 0.1) is 5.92 Å². The van der Waals surface area contributed by atoms with Gasteiger partial charge in [0.25, 0.3) is 0 Å². The van der Waals surface area contributed by atoms with Gasteiger partial charge in [-0.2, -0.15) is 0 Å². The Hall–Kier alpha value is -1.84. The lowest BCUT2D eigenvalue weighted by molar-refractivity contribution is -0.114. The standard InChI is InChI=1S/C20H24O3/c1-22-20(14-16(15-20)7-6-12-21)17-8-5-11-19(13-17)23-18-9-3-2-4-10-18/h2-5,8-11,13,16,21H,6-7,12,14-15H2,1H3. The first-order chi connectivity index (χ1) is 11.3. The summed E-state index contributed by atoms with van der Waals surface area (Å²) < 4.78 is 11.8. The van der Waals surface area contributed by atoms with E-state index in [0.717, 1.165) is 37.2 Å². The second kappa shape index (κ2) is 7.16. The molecule has 3 rings (SSSR count). The highest BCUT2D eigenvalue weighted by molar-refractivity contribution is 5.37. The molecule has 3 nitrogen and oxygen atoms in total. The van der Waals surface area contributed by atoms with Gasteiger partial charge in [-0.3, -0.25) is 0 Å². The Labute approximate surface area is 137 Å². The number of ether oxygens (including phenoxy) is 2. The highest BCUT2D eigenvalue weighted by atomic mass is 16.5. The van der Waals surface area contributed by atoms with E-state index in [1.807, 2.05) is 42.5 Å². The molecule has 0 heterocycles. The first-order valence-corrected chi connectivity index (χ1v) is 8.25. The van der Waals surface area contributed by atoms with Crippen molar-refractivity contribution >= 4 is 0 Å². The molecule has 2 aromatic rings. The summed E-state index contributed by atoms with van der Waals surface area (Å²) in [5, 5.41) is 8.97. The lowest BCUT2D eigenvalue weighted by atomic mass is 9.65. The Balaban J connectivity index is 1.71. The van der Waals surface area contributed by atoms with E-state index in [2.05, 4.69) is 12.1 Å². The van der Waals surface area contributed by atoms with Gasteiger partial charge in [0.15, 0.2) is 0 Å². The van der Waals surface area contributed by atoms with Gasteiger partial charge >= 0.3 is 0 Å². The number of para-hydroxylation sites is 1. The Morgan fingerprint density at radius 2 is 1.78 bits per heavy atom. The van der Waals surface area contributed by atoms with E-state index >= 15 is 0 Å². The molecule has 1 aliphatic carbocycles. The van der Waals surface area contributed by atoms with E-state index in [9.17, 15) is 0 Å².